The van der Waals surface area contributed by atoms with Crippen molar-refractivity contribution in [2.24, 2.45) is 0 Å². The summed E-state index contributed by atoms with van der Waals surface area (Å²) in [6, 6.07) is 20.4. The molecule has 0 amide bonds. The van der Waals surface area contributed by atoms with Gasteiger partial charge in [0.2, 0.25) is 0 Å². The first kappa shape index (κ1) is 15.1. The molecule has 4 aromatic rings. The van der Waals surface area contributed by atoms with E-state index >= 15 is 0 Å². The fourth-order valence-electron chi connectivity index (χ4n) is 4.75. The molecule has 1 unspecified atom stereocenters. The maximum atomic E-state index is 5.91. The third kappa shape index (κ3) is 2.48. The Hall–Kier alpha value is -2.16. The SMILES string of the molecule is C[C@@H]1C[NH+](Cc2ccc3ccc4cccc5ccc2c3c45)C[C@H](C)O1. The van der Waals surface area contributed by atoms with Crippen LogP contribution in [-0.4, -0.2) is 25.3 Å². The van der Waals surface area contributed by atoms with Gasteiger partial charge in [-0.25, -0.2) is 0 Å². The Morgan fingerprint density at radius 1 is 0.800 bits per heavy atom. The Labute approximate surface area is 148 Å². The van der Waals surface area contributed by atoms with Crippen LogP contribution in [0.4, 0.5) is 0 Å². The van der Waals surface area contributed by atoms with Gasteiger partial charge in [0.15, 0.2) is 0 Å². The third-order valence-corrected chi connectivity index (χ3v) is 5.68. The van der Waals surface area contributed by atoms with E-state index in [4.69, 9.17) is 4.74 Å². The van der Waals surface area contributed by atoms with Gasteiger partial charge in [-0.3, -0.25) is 0 Å². The first-order valence-electron chi connectivity index (χ1n) is 9.33. The number of rotatable bonds is 2. The lowest BCUT2D eigenvalue weighted by Gasteiger charge is -2.32. The summed E-state index contributed by atoms with van der Waals surface area (Å²) >= 11 is 0. The zero-order valence-electron chi connectivity index (χ0n) is 14.9. The molecule has 0 bridgehead atoms. The van der Waals surface area contributed by atoms with Gasteiger partial charge in [-0.1, -0.05) is 54.6 Å². The highest BCUT2D eigenvalue weighted by Crippen LogP contribution is 2.35. The molecule has 0 saturated carbocycles. The Bertz CT molecular complexity index is 1030. The van der Waals surface area contributed by atoms with E-state index in [0.29, 0.717) is 12.2 Å². The predicted octanol–water partition coefficient (Wildman–Crippen LogP) is 3.78. The van der Waals surface area contributed by atoms with Gasteiger partial charge in [-0.15, -0.1) is 0 Å². The zero-order valence-corrected chi connectivity index (χ0v) is 14.9. The van der Waals surface area contributed by atoms with E-state index in [-0.39, 0.29) is 0 Å². The van der Waals surface area contributed by atoms with Crippen LogP contribution in [0, 0.1) is 0 Å². The van der Waals surface area contributed by atoms with E-state index < -0.39 is 0 Å². The van der Waals surface area contributed by atoms with Crippen molar-refractivity contribution in [2.45, 2.75) is 32.6 Å². The minimum absolute atomic E-state index is 0.346. The summed E-state index contributed by atoms with van der Waals surface area (Å²) in [7, 11) is 0. The van der Waals surface area contributed by atoms with Crippen LogP contribution in [0.15, 0.2) is 54.6 Å². The van der Waals surface area contributed by atoms with Crippen LogP contribution in [0.2, 0.25) is 0 Å². The monoisotopic (exact) mass is 330 g/mol. The molecule has 1 fully saturated rings. The lowest BCUT2D eigenvalue weighted by Crippen LogP contribution is -3.14. The second-order valence-electron chi connectivity index (χ2n) is 7.67. The average molecular weight is 330 g/mol. The molecule has 0 aromatic heterocycles. The maximum absolute atomic E-state index is 5.91. The Kier molecular flexibility index (Phi) is 3.44. The highest BCUT2D eigenvalue weighted by atomic mass is 16.5. The fourth-order valence-corrected chi connectivity index (χ4v) is 4.75. The summed E-state index contributed by atoms with van der Waals surface area (Å²) in [4.78, 5) is 1.63. The van der Waals surface area contributed by atoms with Crippen LogP contribution < -0.4 is 4.90 Å². The summed E-state index contributed by atoms with van der Waals surface area (Å²) in [6.07, 6.45) is 0.692. The van der Waals surface area contributed by atoms with Crippen LogP contribution in [0.25, 0.3) is 32.3 Å². The van der Waals surface area contributed by atoms with E-state index in [0.717, 1.165) is 19.6 Å². The molecule has 3 atom stereocenters. The molecule has 1 aliphatic rings. The molecule has 1 saturated heterocycles. The molecule has 5 rings (SSSR count). The quantitative estimate of drug-likeness (QED) is 0.552. The molecular weight excluding hydrogens is 306 g/mol. The predicted molar refractivity (Wildman–Crippen MR) is 105 cm³/mol. The molecular formula is C23H24NO+. The number of hydrogen-bond donors (Lipinski definition) is 1. The van der Waals surface area contributed by atoms with Gasteiger partial charge >= 0.3 is 0 Å². The summed E-state index contributed by atoms with van der Waals surface area (Å²) in [6.45, 7) is 7.64. The molecule has 1 N–H and O–H groups in total. The number of morpholine rings is 1. The number of nitrogens with one attached hydrogen (secondary N) is 1. The van der Waals surface area contributed by atoms with Gasteiger partial charge < -0.3 is 9.64 Å². The molecule has 126 valence electrons. The average Bonchev–Trinajstić information content (AvgIpc) is 2.60. The summed E-state index contributed by atoms with van der Waals surface area (Å²) in [5.41, 5.74) is 1.46. The maximum Gasteiger partial charge on any atom is 0.104 e. The molecule has 0 radical (unpaired) electrons. The van der Waals surface area contributed by atoms with Crippen molar-refractivity contribution in [3.63, 3.8) is 0 Å². The first-order chi connectivity index (χ1) is 12.2. The highest BCUT2D eigenvalue weighted by Gasteiger charge is 2.26. The van der Waals surface area contributed by atoms with E-state index in [1.165, 1.54) is 37.9 Å². The topological polar surface area (TPSA) is 13.7 Å². The summed E-state index contributed by atoms with van der Waals surface area (Å²) in [5.74, 6) is 0. The largest absolute Gasteiger partial charge is 0.364 e. The summed E-state index contributed by atoms with van der Waals surface area (Å²) < 4.78 is 5.91. The molecule has 25 heavy (non-hydrogen) atoms. The number of quaternary nitrogens is 1. The minimum Gasteiger partial charge on any atom is -0.364 e. The van der Waals surface area contributed by atoms with Crippen molar-refractivity contribution in [1.29, 1.82) is 0 Å². The van der Waals surface area contributed by atoms with Crippen molar-refractivity contribution in [3.8, 4) is 0 Å². The second kappa shape index (κ2) is 5.69. The van der Waals surface area contributed by atoms with Crippen molar-refractivity contribution < 1.29 is 9.64 Å². The van der Waals surface area contributed by atoms with Crippen LogP contribution in [0.3, 0.4) is 0 Å². The molecule has 1 aliphatic heterocycles. The molecule has 2 heteroatoms. The van der Waals surface area contributed by atoms with Crippen LogP contribution in [-0.2, 0) is 11.3 Å². The lowest BCUT2D eigenvalue weighted by atomic mass is 9.92. The van der Waals surface area contributed by atoms with Crippen molar-refractivity contribution in [3.05, 3.63) is 60.2 Å². The lowest BCUT2D eigenvalue weighted by molar-refractivity contribution is -0.928. The van der Waals surface area contributed by atoms with E-state index in [1.807, 2.05) is 0 Å². The van der Waals surface area contributed by atoms with Crippen LogP contribution >= 0.6 is 0 Å². The van der Waals surface area contributed by atoms with Gasteiger partial charge in [-0.05, 0) is 46.2 Å². The van der Waals surface area contributed by atoms with Crippen LogP contribution in [0.5, 0.6) is 0 Å². The van der Waals surface area contributed by atoms with Crippen molar-refractivity contribution in [1.82, 2.24) is 0 Å². The van der Waals surface area contributed by atoms with Gasteiger partial charge in [-0.2, -0.15) is 0 Å². The van der Waals surface area contributed by atoms with Crippen molar-refractivity contribution >= 4 is 32.3 Å². The molecule has 0 aliphatic carbocycles. The van der Waals surface area contributed by atoms with Gasteiger partial charge in [0, 0.05) is 5.56 Å². The number of hydrogen-bond acceptors (Lipinski definition) is 1. The van der Waals surface area contributed by atoms with E-state index in [9.17, 15) is 0 Å². The Morgan fingerprint density at radius 3 is 2.12 bits per heavy atom. The van der Waals surface area contributed by atoms with Gasteiger partial charge in [0.05, 0.1) is 0 Å². The highest BCUT2D eigenvalue weighted by molar-refractivity contribution is 6.23. The van der Waals surface area contributed by atoms with E-state index in [1.54, 1.807) is 4.90 Å². The zero-order chi connectivity index (χ0) is 17.0. The minimum atomic E-state index is 0.346. The van der Waals surface area contributed by atoms with Gasteiger partial charge in [0.1, 0.15) is 31.8 Å². The standard InChI is InChI=1S/C23H23NO/c1-15-12-24(13-16(2)25-15)14-20-9-8-19-7-6-17-4-3-5-18-10-11-21(20)23(19)22(17)18/h3-11,15-16H,12-14H2,1-2H3/p+1/t15-,16+. The number of benzene rings is 4. The van der Waals surface area contributed by atoms with Crippen LogP contribution in [0.1, 0.15) is 19.4 Å². The van der Waals surface area contributed by atoms with E-state index in [2.05, 4.69) is 68.4 Å². The Morgan fingerprint density at radius 2 is 1.40 bits per heavy atom. The van der Waals surface area contributed by atoms with Gasteiger partial charge in [0.25, 0.3) is 0 Å². The normalized spacial score (nSPS) is 24.5. The van der Waals surface area contributed by atoms with Crippen molar-refractivity contribution in [2.75, 3.05) is 13.1 Å². The first-order valence-corrected chi connectivity index (χ1v) is 9.33. The fraction of sp³-hybridized carbons (Fsp3) is 0.304. The summed E-state index contributed by atoms with van der Waals surface area (Å²) in [5, 5.41) is 8.30. The molecule has 1 heterocycles. The number of ether oxygens (including phenoxy) is 1. The third-order valence-electron chi connectivity index (χ3n) is 5.68. The second-order valence-corrected chi connectivity index (χ2v) is 7.67. The molecule has 4 aromatic carbocycles. The Balaban J connectivity index is 1.66. The smallest absolute Gasteiger partial charge is 0.104 e. The molecule has 0 spiro atoms. The molecule has 2 nitrogen and oxygen atoms in total.